The van der Waals surface area contributed by atoms with Gasteiger partial charge in [-0.25, -0.2) is 0 Å². The molecule has 8 heteroatoms. The smallest absolute Gasteiger partial charge is 0.270 e. The highest BCUT2D eigenvalue weighted by Crippen LogP contribution is 2.35. The summed E-state index contributed by atoms with van der Waals surface area (Å²) in [5.41, 5.74) is -1.69. The van der Waals surface area contributed by atoms with Crippen molar-refractivity contribution in [3.8, 4) is 0 Å². The normalized spacial score (nSPS) is 12.5. The molecule has 0 spiro atoms. The Bertz CT molecular complexity index is 458. The monoisotopic (exact) mass is 259 g/mol. The van der Waals surface area contributed by atoms with E-state index in [1.165, 1.54) is 6.07 Å². The van der Waals surface area contributed by atoms with Gasteiger partial charge in [-0.05, 0) is 12.1 Å². The van der Waals surface area contributed by atoms with E-state index in [4.69, 9.17) is 10.7 Å². The molecule has 0 radical (unpaired) electrons. The second kappa shape index (κ2) is 3.90. The molecule has 0 bridgehead atoms. The third-order valence-corrected chi connectivity index (χ3v) is 2.16. The lowest BCUT2D eigenvalue weighted by Gasteiger charge is -2.11. The zero-order valence-corrected chi connectivity index (χ0v) is 8.62. The molecule has 0 saturated heterocycles. The molecule has 0 atom stereocenters. The maximum Gasteiger partial charge on any atom is 0.418 e. The van der Waals surface area contributed by atoms with Gasteiger partial charge in [-0.1, -0.05) is 12.1 Å². The number of rotatable bonds is 2. The first-order valence-corrected chi connectivity index (χ1v) is 5.90. The number of nitrogens with one attached hydrogen (secondary N) is 1. The SMILES string of the molecule is O=S(=O)(Cl)Nc1ccccc1C(F)(F)F. The topological polar surface area (TPSA) is 46.2 Å². The standard InChI is InChI=1S/C7H5ClF3NO2S/c8-15(13,14)12-6-4-2-1-3-5(6)7(9,10)11/h1-4,12H. The van der Waals surface area contributed by atoms with Gasteiger partial charge in [0.2, 0.25) is 0 Å². The van der Waals surface area contributed by atoms with Crippen LogP contribution in [0.15, 0.2) is 24.3 Å². The van der Waals surface area contributed by atoms with E-state index < -0.39 is 26.7 Å². The first kappa shape index (κ1) is 12.1. The minimum absolute atomic E-state index is 0.597. The predicted molar refractivity (Wildman–Crippen MR) is 49.8 cm³/mol. The van der Waals surface area contributed by atoms with Crippen molar-refractivity contribution in [3.05, 3.63) is 29.8 Å². The highest BCUT2D eigenvalue weighted by molar-refractivity contribution is 8.14. The Labute approximate surface area is 88.4 Å². The van der Waals surface area contributed by atoms with Crippen LogP contribution in [0, 0.1) is 0 Å². The summed E-state index contributed by atoms with van der Waals surface area (Å²) in [7, 11) is 0.546. The molecule has 0 heterocycles. The molecule has 3 nitrogen and oxygen atoms in total. The summed E-state index contributed by atoms with van der Waals surface area (Å²) in [6, 6.07) is 4.14. The number of para-hydroxylation sites is 1. The van der Waals surface area contributed by atoms with Crippen LogP contribution in [0.25, 0.3) is 0 Å². The van der Waals surface area contributed by atoms with Gasteiger partial charge in [-0.2, -0.15) is 21.6 Å². The van der Waals surface area contributed by atoms with Gasteiger partial charge in [0, 0.05) is 10.7 Å². The van der Waals surface area contributed by atoms with Gasteiger partial charge < -0.3 is 0 Å². The first-order chi connectivity index (χ1) is 6.70. The van der Waals surface area contributed by atoms with E-state index in [0.29, 0.717) is 0 Å². The van der Waals surface area contributed by atoms with E-state index in [-0.39, 0.29) is 0 Å². The minimum Gasteiger partial charge on any atom is -0.270 e. The predicted octanol–water partition coefficient (Wildman–Crippen LogP) is 2.60. The summed E-state index contributed by atoms with van der Waals surface area (Å²) in [5, 5.41) is 0. The Kier molecular flexibility index (Phi) is 3.15. The second-order valence-corrected chi connectivity index (χ2v) is 4.88. The summed E-state index contributed by atoms with van der Waals surface area (Å²) in [6.07, 6.45) is -4.63. The average Bonchev–Trinajstić information content (AvgIpc) is 1.99. The number of hydrogen-bond donors (Lipinski definition) is 1. The lowest BCUT2D eigenvalue weighted by molar-refractivity contribution is -0.136. The van der Waals surface area contributed by atoms with Gasteiger partial charge in [0.1, 0.15) is 0 Å². The van der Waals surface area contributed by atoms with Crippen LogP contribution >= 0.6 is 10.7 Å². The van der Waals surface area contributed by atoms with Crippen molar-refractivity contribution in [3.63, 3.8) is 0 Å². The number of halogens is 4. The van der Waals surface area contributed by atoms with E-state index >= 15 is 0 Å². The van der Waals surface area contributed by atoms with Crippen LogP contribution in [0.4, 0.5) is 18.9 Å². The number of hydrogen-bond acceptors (Lipinski definition) is 2. The maximum absolute atomic E-state index is 12.3. The van der Waals surface area contributed by atoms with Crippen LogP contribution in [0.5, 0.6) is 0 Å². The molecule has 0 aliphatic carbocycles. The van der Waals surface area contributed by atoms with Crippen molar-refractivity contribution in [2.75, 3.05) is 4.72 Å². The molecular weight excluding hydrogens is 255 g/mol. The van der Waals surface area contributed by atoms with Crippen molar-refractivity contribution in [1.82, 2.24) is 0 Å². The fourth-order valence-electron chi connectivity index (χ4n) is 0.951. The summed E-state index contributed by atoms with van der Waals surface area (Å²) >= 11 is 0. The lowest BCUT2D eigenvalue weighted by atomic mass is 10.2. The average molecular weight is 260 g/mol. The Hall–Kier alpha value is -0.950. The van der Waals surface area contributed by atoms with Crippen molar-refractivity contribution in [2.24, 2.45) is 0 Å². The van der Waals surface area contributed by atoms with E-state index in [0.717, 1.165) is 18.2 Å². The zero-order chi connectivity index (χ0) is 11.7. The molecule has 1 aromatic carbocycles. The molecule has 0 fully saturated rings. The van der Waals surface area contributed by atoms with Crippen LogP contribution in [0.1, 0.15) is 5.56 Å². The maximum atomic E-state index is 12.3. The van der Waals surface area contributed by atoms with Gasteiger partial charge in [0.15, 0.2) is 0 Å². The molecule has 1 rings (SSSR count). The molecule has 0 aromatic heterocycles. The third kappa shape index (κ3) is 3.60. The van der Waals surface area contributed by atoms with Gasteiger partial charge in [0.05, 0.1) is 11.3 Å². The van der Waals surface area contributed by atoms with Gasteiger partial charge in [-0.3, -0.25) is 4.72 Å². The largest absolute Gasteiger partial charge is 0.418 e. The Morgan fingerprint density at radius 1 is 1.20 bits per heavy atom. The lowest BCUT2D eigenvalue weighted by Crippen LogP contribution is -2.12. The third-order valence-electron chi connectivity index (χ3n) is 1.46. The van der Waals surface area contributed by atoms with Gasteiger partial charge in [0.25, 0.3) is 0 Å². The van der Waals surface area contributed by atoms with Crippen LogP contribution in [-0.2, 0) is 15.4 Å². The van der Waals surface area contributed by atoms with Gasteiger partial charge in [-0.15, -0.1) is 0 Å². The highest BCUT2D eigenvalue weighted by Gasteiger charge is 2.33. The van der Waals surface area contributed by atoms with Crippen molar-refractivity contribution >= 4 is 25.6 Å². The van der Waals surface area contributed by atoms with Gasteiger partial charge >= 0.3 is 15.4 Å². The minimum atomic E-state index is -4.63. The van der Waals surface area contributed by atoms with Crippen molar-refractivity contribution in [2.45, 2.75) is 6.18 Å². The van der Waals surface area contributed by atoms with E-state index in [9.17, 15) is 21.6 Å². The summed E-state index contributed by atoms with van der Waals surface area (Å²) < 4.78 is 59.7. The fourth-order valence-corrected chi connectivity index (χ4v) is 1.64. The Morgan fingerprint density at radius 2 is 1.73 bits per heavy atom. The van der Waals surface area contributed by atoms with Crippen LogP contribution in [-0.4, -0.2) is 8.42 Å². The molecule has 0 aliphatic heterocycles. The molecular formula is C7H5ClF3NO2S. The highest BCUT2D eigenvalue weighted by atomic mass is 35.7. The molecule has 0 saturated carbocycles. The van der Waals surface area contributed by atoms with E-state index in [2.05, 4.69) is 0 Å². The first-order valence-electron chi connectivity index (χ1n) is 3.59. The second-order valence-electron chi connectivity index (χ2n) is 2.58. The Morgan fingerprint density at radius 3 is 2.20 bits per heavy atom. The molecule has 1 N–H and O–H groups in total. The van der Waals surface area contributed by atoms with E-state index in [1.54, 1.807) is 4.72 Å². The summed E-state index contributed by atoms with van der Waals surface area (Å²) in [6.45, 7) is 0. The van der Waals surface area contributed by atoms with E-state index in [1.807, 2.05) is 0 Å². The molecule has 0 aliphatic rings. The Balaban J connectivity index is 3.19. The summed E-state index contributed by atoms with van der Waals surface area (Å²) in [4.78, 5) is 0. The van der Waals surface area contributed by atoms with Crippen LogP contribution < -0.4 is 4.72 Å². The molecule has 0 amide bonds. The zero-order valence-electron chi connectivity index (χ0n) is 7.05. The van der Waals surface area contributed by atoms with Crippen LogP contribution in [0.2, 0.25) is 0 Å². The molecule has 84 valence electrons. The number of benzene rings is 1. The molecule has 1 aromatic rings. The number of anilines is 1. The summed E-state index contributed by atoms with van der Waals surface area (Å²) in [5.74, 6) is 0. The van der Waals surface area contributed by atoms with Crippen molar-refractivity contribution in [1.29, 1.82) is 0 Å². The van der Waals surface area contributed by atoms with Crippen LogP contribution in [0.3, 0.4) is 0 Å². The molecule has 0 unspecified atom stereocenters. The quantitative estimate of drug-likeness (QED) is 0.830. The molecule has 15 heavy (non-hydrogen) atoms. The number of alkyl halides is 3. The fraction of sp³-hybridized carbons (Fsp3) is 0.143. The van der Waals surface area contributed by atoms with Crippen molar-refractivity contribution < 1.29 is 21.6 Å².